The summed E-state index contributed by atoms with van der Waals surface area (Å²) in [7, 11) is 0. The van der Waals surface area contributed by atoms with Crippen LogP contribution in [0.15, 0.2) is 30.3 Å². The van der Waals surface area contributed by atoms with Gasteiger partial charge in [0.1, 0.15) is 0 Å². The minimum absolute atomic E-state index is 0.0299. The molecule has 0 unspecified atom stereocenters. The van der Waals surface area contributed by atoms with E-state index in [1.807, 2.05) is 0 Å². The molecule has 0 amide bonds. The number of hydrogen-bond donors (Lipinski definition) is 0. The summed E-state index contributed by atoms with van der Waals surface area (Å²) in [5, 5.41) is 10.6. The van der Waals surface area contributed by atoms with E-state index in [4.69, 9.17) is 0 Å². The van der Waals surface area contributed by atoms with Crippen molar-refractivity contribution < 1.29 is 18.1 Å². The Hall–Kier alpha value is -1.85. The fourth-order valence-corrected chi connectivity index (χ4v) is 2.68. The molecule has 0 heterocycles. The fraction of sp³-hybridized carbons (Fsp3) is 0.579. The molecule has 6 heteroatoms. The quantitative estimate of drug-likeness (QED) is 0.241. The van der Waals surface area contributed by atoms with Gasteiger partial charge in [-0.2, -0.15) is 13.2 Å². The van der Waals surface area contributed by atoms with Crippen LogP contribution in [0.5, 0.6) is 0 Å². The van der Waals surface area contributed by atoms with Gasteiger partial charge in [0.05, 0.1) is 10.5 Å². The first-order valence-electron chi connectivity index (χ1n) is 8.88. The highest BCUT2D eigenvalue weighted by Gasteiger charge is 2.34. The zero-order valence-corrected chi connectivity index (χ0v) is 14.6. The van der Waals surface area contributed by atoms with Crippen LogP contribution in [0.1, 0.15) is 70.3 Å². The molecule has 25 heavy (non-hydrogen) atoms. The fourth-order valence-electron chi connectivity index (χ4n) is 2.68. The number of halogens is 3. The zero-order chi connectivity index (χ0) is 18.7. The highest BCUT2D eigenvalue weighted by Crippen LogP contribution is 2.35. The second kappa shape index (κ2) is 10.9. The topological polar surface area (TPSA) is 43.1 Å². The SMILES string of the molecule is CCCCCCCCCC/C=C(/c1ccc([N+](=O)[O-])cc1)C(F)(F)F. The molecule has 0 bridgehead atoms. The van der Waals surface area contributed by atoms with Gasteiger partial charge in [-0.05, 0) is 30.5 Å². The van der Waals surface area contributed by atoms with E-state index < -0.39 is 16.7 Å². The molecule has 0 aliphatic heterocycles. The molecule has 0 N–H and O–H groups in total. The third-order valence-corrected chi connectivity index (χ3v) is 4.10. The number of hydrogen-bond acceptors (Lipinski definition) is 2. The van der Waals surface area contributed by atoms with E-state index in [0.29, 0.717) is 6.42 Å². The van der Waals surface area contributed by atoms with Crippen LogP contribution in [-0.4, -0.2) is 11.1 Å². The second-order valence-corrected chi connectivity index (χ2v) is 6.18. The number of rotatable bonds is 11. The molecule has 0 saturated carbocycles. The van der Waals surface area contributed by atoms with Crippen molar-refractivity contribution in [3.63, 3.8) is 0 Å². The molecule has 3 nitrogen and oxygen atoms in total. The molecule has 1 aromatic rings. The lowest BCUT2D eigenvalue weighted by molar-refractivity contribution is -0.384. The Bertz CT molecular complexity index is 551. The van der Waals surface area contributed by atoms with Gasteiger partial charge in [0.25, 0.3) is 5.69 Å². The summed E-state index contributed by atoms with van der Waals surface area (Å²) in [5.74, 6) is 0. The molecular weight excluding hydrogens is 331 g/mol. The minimum atomic E-state index is -4.46. The molecule has 1 rings (SSSR count). The lowest BCUT2D eigenvalue weighted by Crippen LogP contribution is -2.10. The summed E-state index contributed by atoms with van der Waals surface area (Å²) in [6.45, 7) is 2.16. The van der Waals surface area contributed by atoms with Crippen LogP contribution in [-0.2, 0) is 0 Å². The van der Waals surface area contributed by atoms with E-state index in [9.17, 15) is 23.3 Å². The van der Waals surface area contributed by atoms with E-state index in [-0.39, 0.29) is 11.3 Å². The van der Waals surface area contributed by atoms with Gasteiger partial charge >= 0.3 is 6.18 Å². The zero-order valence-electron chi connectivity index (χ0n) is 14.6. The Labute approximate surface area is 147 Å². The van der Waals surface area contributed by atoms with Crippen molar-refractivity contribution in [2.24, 2.45) is 0 Å². The molecule has 140 valence electrons. The largest absolute Gasteiger partial charge is 0.416 e. The smallest absolute Gasteiger partial charge is 0.258 e. The van der Waals surface area contributed by atoms with Gasteiger partial charge in [0, 0.05) is 12.1 Å². The molecule has 0 fully saturated rings. The monoisotopic (exact) mass is 357 g/mol. The molecule has 1 aromatic carbocycles. The van der Waals surface area contributed by atoms with Crippen molar-refractivity contribution in [3.8, 4) is 0 Å². The Kier molecular flexibility index (Phi) is 9.24. The second-order valence-electron chi connectivity index (χ2n) is 6.18. The van der Waals surface area contributed by atoms with E-state index >= 15 is 0 Å². The maximum absolute atomic E-state index is 13.2. The number of nitro benzene ring substituents is 1. The first kappa shape index (κ1) is 21.2. The summed E-state index contributed by atoms with van der Waals surface area (Å²) >= 11 is 0. The first-order chi connectivity index (χ1) is 11.9. The van der Waals surface area contributed by atoms with Crippen molar-refractivity contribution in [2.75, 3.05) is 0 Å². The average Bonchev–Trinajstić information content (AvgIpc) is 2.55. The molecule has 0 radical (unpaired) electrons. The van der Waals surface area contributed by atoms with Gasteiger partial charge < -0.3 is 0 Å². The van der Waals surface area contributed by atoms with Gasteiger partial charge in [-0.25, -0.2) is 0 Å². The van der Waals surface area contributed by atoms with Gasteiger partial charge in [0.15, 0.2) is 0 Å². The highest BCUT2D eigenvalue weighted by atomic mass is 19.4. The molecule has 0 aliphatic carbocycles. The standard InChI is InChI=1S/C19H26F3NO2/c1-2-3-4-5-6-7-8-9-10-11-18(19(20,21)22)16-12-14-17(15-13-16)23(24)25/h11-15H,2-10H2,1H3/b18-11-. The van der Waals surface area contributed by atoms with Crippen molar-refractivity contribution in [1.29, 1.82) is 0 Å². The average molecular weight is 357 g/mol. The Morgan fingerprint density at radius 3 is 2.00 bits per heavy atom. The minimum Gasteiger partial charge on any atom is -0.258 e. The van der Waals surface area contributed by atoms with Crippen LogP contribution < -0.4 is 0 Å². The maximum atomic E-state index is 13.2. The third-order valence-electron chi connectivity index (χ3n) is 4.10. The van der Waals surface area contributed by atoms with Crippen LogP contribution in [0.3, 0.4) is 0 Å². The predicted octanol–water partition coefficient (Wildman–Crippen LogP) is 7.07. The summed E-state index contributed by atoms with van der Waals surface area (Å²) < 4.78 is 39.6. The lowest BCUT2D eigenvalue weighted by Gasteiger charge is -2.12. The molecule has 0 saturated heterocycles. The third kappa shape index (κ3) is 8.18. The van der Waals surface area contributed by atoms with Gasteiger partial charge in [-0.1, -0.05) is 57.9 Å². The van der Waals surface area contributed by atoms with Crippen molar-refractivity contribution in [1.82, 2.24) is 0 Å². The summed E-state index contributed by atoms with van der Waals surface area (Å²) in [6, 6.07) is 4.52. The number of non-ortho nitro benzene ring substituents is 1. The molecule has 0 aliphatic rings. The number of allylic oxidation sites excluding steroid dienone is 2. The van der Waals surface area contributed by atoms with Crippen LogP contribution in [0.4, 0.5) is 18.9 Å². The molecular formula is C19H26F3NO2. The summed E-state index contributed by atoms with van der Waals surface area (Å²) in [6.07, 6.45) is 5.81. The van der Waals surface area contributed by atoms with E-state index in [0.717, 1.165) is 49.9 Å². The van der Waals surface area contributed by atoms with Crippen molar-refractivity contribution >= 4 is 11.3 Å². The number of nitro groups is 1. The van der Waals surface area contributed by atoms with Crippen molar-refractivity contribution in [3.05, 3.63) is 46.0 Å². The van der Waals surface area contributed by atoms with E-state index in [1.54, 1.807) is 0 Å². The normalized spacial score (nSPS) is 12.4. The van der Waals surface area contributed by atoms with Crippen molar-refractivity contribution in [2.45, 2.75) is 70.9 Å². The molecule has 0 atom stereocenters. The Morgan fingerprint density at radius 1 is 1.00 bits per heavy atom. The van der Waals surface area contributed by atoms with E-state index in [1.165, 1.54) is 31.8 Å². The molecule has 0 spiro atoms. The number of benzene rings is 1. The van der Waals surface area contributed by atoms with Gasteiger partial charge in [-0.3, -0.25) is 10.1 Å². The number of unbranched alkanes of at least 4 members (excludes halogenated alkanes) is 8. The number of nitrogens with zero attached hydrogens (tertiary/aromatic N) is 1. The van der Waals surface area contributed by atoms with Gasteiger partial charge in [-0.15, -0.1) is 0 Å². The van der Waals surface area contributed by atoms with Crippen LogP contribution >= 0.6 is 0 Å². The maximum Gasteiger partial charge on any atom is 0.416 e. The van der Waals surface area contributed by atoms with E-state index in [2.05, 4.69) is 6.92 Å². The lowest BCUT2D eigenvalue weighted by atomic mass is 10.0. The van der Waals surface area contributed by atoms with Gasteiger partial charge in [0.2, 0.25) is 0 Å². The molecule has 0 aromatic heterocycles. The summed E-state index contributed by atoms with van der Waals surface area (Å²) in [4.78, 5) is 9.98. The Morgan fingerprint density at radius 2 is 1.52 bits per heavy atom. The van der Waals surface area contributed by atoms with Crippen LogP contribution in [0, 0.1) is 10.1 Å². The van der Waals surface area contributed by atoms with Crippen LogP contribution in [0.25, 0.3) is 5.57 Å². The predicted molar refractivity (Wildman–Crippen MR) is 94.4 cm³/mol. The summed E-state index contributed by atoms with van der Waals surface area (Å²) in [5.41, 5.74) is -0.962. The Balaban J connectivity index is 2.53. The number of alkyl halides is 3. The first-order valence-corrected chi connectivity index (χ1v) is 8.88. The highest BCUT2D eigenvalue weighted by molar-refractivity contribution is 5.70. The van der Waals surface area contributed by atoms with Crippen LogP contribution in [0.2, 0.25) is 0 Å².